The Morgan fingerprint density at radius 2 is 1.85 bits per heavy atom. The molecular formula is C24H44ClN5O3S. The van der Waals surface area contributed by atoms with Gasteiger partial charge in [0.25, 0.3) is 0 Å². The first-order chi connectivity index (χ1) is 16.2. The largest absolute Gasteiger partial charge is 0.353 e. The van der Waals surface area contributed by atoms with Gasteiger partial charge in [-0.05, 0) is 89.3 Å². The van der Waals surface area contributed by atoms with Crippen molar-refractivity contribution in [3.63, 3.8) is 0 Å². The van der Waals surface area contributed by atoms with E-state index in [2.05, 4.69) is 33.5 Å². The Morgan fingerprint density at radius 1 is 1.03 bits per heavy atom. The fraction of sp³-hybridized carbons (Fsp3) is 0.958. The van der Waals surface area contributed by atoms with E-state index in [0.29, 0.717) is 43.2 Å². The van der Waals surface area contributed by atoms with Crippen LogP contribution >= 0.6 is 11.6 Å². The maximum absolute atomic E-state index is 13.0. The van der Waals surface area contributed by atoms with Crippen molar-refractivity contribution in [2.24, 2.45) is 17.8 Å². The molecule has 196 valence electrons. The van der Waals surface area contributed by atoms with E-state index in [9.17, 15) is 13.2 Å². The van der Waals surface area contributed by atoms with Crippen molar-refractivity contribution in [2.45, 2.75) is 99.8 Å². The second-order valence-electron chi connectivity index (χ2n) is 11.2. The van der Waals surface area contributed by atoms with Crippen LogP contribution < -0.4 is 26.6 Å². The summed E-state index contributed by atoms with van der Waals surface area (Å²) in [5.74, 6) is 0.915. The van der Waals surface area contributed by atoms with Gasteiger partial charge in [-0.25, -0.2) is 8.42 Å². The Bertz CT molecular complexity index is 793. The number of hydrogen-bond acceptors (Lipinski definition) is 7. The van der Waals surface area contributed by atoms with E-state index in [0.717, 1.165) is 45.3 Å². The molecule has 0 aromatic heterocycles. The predicted octanol–water partition coefficient (Wildman–Crippen LogP) is 1.30. The molecule has 1 amide bonds. The number of piperidine rings is 1. The third kappa shape index (κ3) is 6.85. The van der Waals surface area contributed by atoms with Crippen LogP contribution in [0.5, 0.6) is 0 Å². The lowest BCUT2D eigenvalue weighted by Crippen LogP contribution is -2.66. The summed E-state index contributed by atoms with van der Waals surface area (Å²) in [6.07, 6.45) is 9.42. The molecule has 0 radical (unpaired) electrons. The Labute approximate surface area is 210 Å². The molecule has 0 bridgehead atoms. The highest BCUT2D eigenvalue weighted by molar-refractivity contribution is 7.91. The minimum absolute atomic E-state index is 0.0102. The van der Waals surface area contributed by atoms with Crippen molar-refractivity contribution in [3.05, 3.63) is 0 Å². The average molecular weight is 518 g/mol. The van der Waals surface area contributed by atoms with Crippen LogP contribution in [0.1, 0.15) is 64.7 Å². The smallest absolute Gasteiger partial charge is 0.224 e. The molecule has 2 aliphatic heterocycles. The van der Waals surface area contributed by atoms with Gasteiger partial charge in [0.05, 0.1) is 11.2 Å². The van der Waals surface area contributed by atoms with Crippen LogP contribution in [0.15, 0.2) is 0 Å². The lowest BCUT2D eigenvalue weighted by molar-refractivity contribution is -0.126. The summed E-state index contributed by atoms with van der Waals surface area (Å²) >= 11 is 6.50. The quantitative estimate of drug-likeness (QED) is 0.338. The standard InChI is InChI=1S/C24H44ClN5O3S/c1-15-5-6-17(28-23(31)19-8-7-18(13-20(19)25)34(2,32)33)12-22(15)30-24-27-11-9-21(29-24)16-4-3-10-26-14-16/h15-22,24,26-27,29-30H,3-14H2,1-2H3,(H,28,31). The number of sulfone groups is 1. The highest BCUT2D eigenvalue weighted by atomic mass is 35.5. The average Bonchev–Trinajstić information content (AvgIpc) is 2.81. The van der Waals surface area contributed by atoms with Crippen molar-refractivity contribution in [2.75, 3.05) is 25.9 Å². The molecule has 5 N–H and O–H groups in total. The molecule has 9 unspecified atom stereocenters. The van der Waals surface area contributed by atoms with Gasteiger partial charge in [0.1, 0.15) is 16.1 Å². The maximum atomic E-state index is 13.0. The number of rotatable bonds is 6. The normalized spacial score (nSPS) is 42.1. The number of hydrogen-bond donors (Lipinski definition) is 5. The summed E-state index contributed by atoms with van der Waals surface area (Å²) in [6.45, 7) is 5.55. The monoisotopic (exact) mass is 517 g/mol. The molecule has 34 heavy (non-hydrogen) atoms. The number of alkyl halides is 1. The van der Waals surface area contributed by atoms with E-state index in [4.69, 9.17) is 11.6 Å². The number of halogens is 1. The number of carbonyl (C=O) groups excluding carboxylic acids is 1. The van der Waals surface area contributed by atoms with Crippen LogP contribution in [0, 0.1) is 17.8 Å². The highest BCUT2D eigenvalue weighted by Crippen LogP contribution is 2.33. The fourth-order valence-corrected chi connectivity index (χ4v) is 8.09. The van der Waals surface area contributed by atoms with Crippen molar-refractivity contribution >= 4 is 27.3 Å². The van der Waals surface area contributed by atoms with Gasteiger partial charge >= 0.3 is 0 Å². The first kappa shape index (κ1) is 26.6. The first-order valence-corrected chi connectivity index (χ1v) is 15.7. The Kier molecular flexibility index (Phi) is 9.18. The summed E-state index contributed by atoms with van der Waals surface area (Å²) in [6, 6.07) is 0.975. The van der Waals surface area contributed by atoms with E-state index in [1.165, 1.54) is 19.1 Å². The summed E-state index contributed by atoms with van der Waals surface area (Å²) in [5, 5.41) is 17.1. The SMILES string of the molecule is CC1CCC(NC(=O)C2CCC(S(C)(=O)=O)CC2Cl)CC1NC1NCCC(C2CCCNC2)N1. The second kappa shape index (κ2) is 11.7. The Morgan fingerprint density at radius 3 is 2.56 bits per heavy atom. The topological polar surface area (TPSA) is 111 Å². The van der Waals surface area contributed by atoms with Gasteiger partial charge in [0.15, 0.2) is 0 Å². The first-order valence-electron chi connectivity index (χ1n) is 13.3. The lowest BCUT2D eigenvalue weighted by atomic mass is 9.82. The molecule has 0 spiro atoms. The van der Waals surface area contributed by atoms with E-state index >= 15 is 0 Å². The van der Waals surface area contributed by atoms with Crippen LogP contribution in [0.2, 0.25) is 0 Å². The van der Waals surface area contributed by atoms with E-state index in [1.807, 2.05) is 0 Å². The molecule has 2 saturated heterocycles. The van der Waals surface area contributed by atoms with E-state index in [1.54, 1.807) is 0 Å². The van der Waals surface area contributed by atoms with Gasteiger partial charge in [-0.15, -0.1) is 11.6 Å². The molecule has 9 atom stereocenters. The predicted molar refractivity (Wildman–Crippen MR) is 136 cm³/mol. The maximum Gasteiger partial charge on any atom is 0.224 e. The van der Waals surface area contributed by atoms with Crippen molar-refractivity contribution in [1.29, 1.82) is 0 Å². The van der Waals surface area contributed by atoms with Crippen LogP contribution in [0.4, 0.5) is 0 Å². The minimum Gasteiger partial charge on any atom is -0.353 e. The molecule has 0 aromatic carbocycles. The molecule has 0 aromatic rings. The molecule has 2 saturated carbocycles. The molecule has 10 heteroatoms. The third-order valence-electron chi connectivity index (χ3n) is 8.68. The number of nitrogens with one attached hydrogen (secondary N) is 5. The van der Waals surface area contributed by atoms with Gasteiger partial charge in [-0.3, -0.25) is 20.7 Å². The third-order valence-corrected chi connectivity index (χ3v) is 10.8. The zero-order valence-corrected chi connectivity index (χ0v) is 22.3. The number of amides is 1. The fourth-order valence-electron chi connectivity index (χ4n) is 6.41. The van der Waals surface area contributed by atoms with E-state index in [-0.39, 0.29) is 24.2 Å². The van der Waals surface area contributed by atoms with Crippen LogP contribution in [-0.4, -0.2) is 75.3 Å². The molecular weight excluding hydrogens is 474 g/mol. The minimum atomic E-state index is -3.11. The van der Waals surface area contributed by atoms with Crippen LogP contribution in [-0.2, 0) is 14.6 Å². The molecule has 4 fully saturated rings. The molecule has 2 heterocycles. The van der Waals surface area contributed by atoms with Crippen molar-refractivity contribution in [3.8, 4) is 0 Å². The van der Waals surface area contributed by atoms with Crippen LogP contribution in [0.25, 0.3) is 0 Å². The molecule has 8 nitrogen and oxygen atoms in total. The number of carbonyl (C=O) groups is 1. The summed E-state index contributed by atoms with van der Waals surface area (Å²) in [4.78, 5) is 13.0. The summed E-state index contributed by atoms with van der Waals surface area (Å²) < 4.78 is 23.8. The van der Waals surface area contributed by atoms with Crippen LogP contribution in [0.3, 0.4) is 0 Å². The molecule has 4 aliphatic rings. The summed E-state index contributed by atoms with van der Waals surface area (Å²) in [5.41, 5.74) is 0. The van der Waals surface area contributed by atoms with Crippen molar-refractivity contribution in [1.82, 2.24) is 26.6 Å². The van der Waals surface area contributed by atoms with E-state index < -0.39 is 20.5 Å². The lowest BCUT2D eigenvalue weighted by Gasteiger charge is -2.43. The van der Waals surface area contributed by atoms with Gasteiger partial charge in [-0.2, -0.15) is 0 Å². The highest BCUT2D eigenvalue weighted by Gasteiger charge is 2.39. The Hall–Kier alpha value is -0.450. The zero-order chi connectivity index (χ0) is 24.3. The Balaban J connectivity index is 1.27. The molecule has 4 rings (SSSR count). The second-order valence-corrected chi connectivity index (χ2v) is 14.1. The van der Waals surface area contributed by atoms with Gasteiger partial charge in [0.2, 0.25) is 5.91 Å². The van der Waals surface area contributed by atoms with Gasteiger partial charge in [-0.1, -0.05) is 6.92 Å². The summed E-state index contributed by atoms with van der Waals surface area (Å²) in [7, 11) is -3.11. The molecule has 2 aliphatic carbocycles. The zero-order valence-electron chi connectivity index (χ0n) is 20.7. The van der Waals surface area contributed by atoms with Crippen molar-refractivity contribution < 1.29 is 13.2 Å². The van der Waals surface area contributed by atoms with Gasteiger partial charge in [0, 0.05) is 29.8 Å². The van der Waals surface area contributed by atoms with Gasteiger partial charge < -0.3 is 10.6 Å².